The molecule has 1 heterocycles. The van der Waals surface area contributed by atoms with Crippen molar-refractivity contribution in [2.24, 2.45) is 5.41 Å². The molecule has 0 bridgehead atoms. The van der Waals surface area contributed by atoms with Crippen molar-refractivity contribution in [2.45, 2.75) is 59.2 Å². The molecule has 114 valence electrons. The first-order valence-corrected chi connectivity index (χ1v) is 6.71. The molecule has 1 rings (SSSR count). The Hall–Kier alpha value is -1.59. The van der Waals surface area contributed by atoms with E-state index in [2.05, 4.69) is 0 Å². The van der Waals surface area contributed by atoms with Gasteiger partial charge in [-0.15, -0.1) is 0 Å². The number of ether oxygens (including phenoxy) is 3. The van der Waals surface area contributed by atoms with Crippen LogP contribution in [-0.2, 0) is 28.6 Å². The van der Waals surface area contributed by atoms with Crippen LogP contribution >= 0.6 is 0 Å². The number of carbonyl (C=O) groups excluding carboxylic acids is 3. The number of esters is 3. The zero-order valence-electron chi connectivity index (χ0n) is 12.6. The van der Waals surface area contributed by atoms with Crippen LogP contribution in [0.3, 0.4) is 0 Å². The van der Waals surface area contributed by atoms with Gasteiger partial charge < -0.3 is 14.2 Å². The molecule has 0 aromatic carbocycles. The van der Waals surface area contributed by atoms with E-state index in [4.69, 9.17) is 14.2 Å². The Morgan fingerprint density at radius 1 is 1.25 bits per heavy atom. The second-order valence-corrected chi connectivity index (χ2v) is 5.99. The van der Waals surface area contributed by atoms with Gasteiger partial charge in [0, 0.05) is 6.42 Å². The summed E-state index contributed by atoms with van der Waals surface area (Å²) in [4.78, 5) is 35.3. The maximum absolute atomic E-state index is 12.0. The van der Waals surface area contributed by atoms with E-state index in [0.29, 0.717) is 12.8 Å². The van der Waals surface area contributed by atoms with E-state index >= 15 is 0 Å². The summed E-state index contributed by atoms with van der Waals surface area (Å²) in [6.07, 6.45) is 0.0145. The fraction of sp³-hybridized carbons (Fsp3) is 0.786. The van der Waals surface area contributed by atoms with Gasteiger partial charge in [-0.1, -0.05) is 6.92 Å². The minimum Gasteiger partial charge on any atom is -0.463 e. The van der Waals surface area contributed by atoms with Crippen LogP contribution in [0, 0.1) is 5.41 Å². The van der Waals surface area contributed by atoms with Crippen molar-refractivity contribution in [1.82, 2.24) is 0 Å². The number of hydrogen-bond acceptors (Lipinski definition) is 6. The second-order valence-electron chi connectivity index (χ2n) is 5.99. The van der Waals surface area contributed by atoms with Crippen LogP contribution in [0.2, 0.25) is 0 Å². The smallest absolute Gasteiger partial charge is 0.350 e. The molecule has 6 nitrogen and oxygen atoms in total. The van der Waals surface area contributed by atoms with Gasteiger partial charge in [0.2, 0.25) is 11.7 Å². The van der Waals surface area contributed by atoms with Crippen LogP contribution in [-0.4, -0.2) is 36.2 Å². The lowest BCUT2D eigenvalue weighted by atomic mass is 9.90. The van der Waals surface area contributed by atoms with Crippen LogP contribution in [0.5, 0.6) is 0 Å². The van der Waals surface area contributed by atoms with Gasteiger partial charge in [-0.05, 0) is 34.1 Å². The van der Waals surface area contributed by atoms with E-state index in [1.807, 2.05) is 6.92 Å². The third-order valence-electron chi connectivity index (χ3n) is 3.41. The molecule has 0 spiro atoms. The van der Waals surface area contributed by atoms with E-state index < -0.39 is 35.0 Å². The summed E-state index contributed by atoms with van der Waals surface area (Å²) in [5, 5.41) is 0. The van der Waals surface area contributed by atoms with Gasteiger partial charge in [0.25, 0.3) is 0 Å². The van der Waals surface area contributed by atoms with E-state index in [1.54, 1.807) is 13.8 Å². The highest BCUT2D eigenvalue weighted by molar-refractivity contribution is 5.87. The van der Waals surface area contributed by atoms with Gasteiger partial charge in [0.05, 0.1) is 12.0 Å². The molecule has 0 amide bonds. The highest BCUT2D eigenvalue weighted by Crippen LogP contribution is 2.26. The minimum atomic E-state index is -1.44. The second kappa shape index (κ2) is 5.81. The van der Waals surface area contributed by atoms with Crippen LogP contribution in [0.25, 0.3) is 0 Å². The van der Waals surface area contributed by atoms with E-state index in [1.165, 1.54) is 13.8 Å². The van der Waals surface area contributed by atoms with Gasteiger partial charge in [-0.2, -0.15) is 0 Å². The number of rotatable bonds is 5. The maximum Gasteiger partial charge on any atom is 0.350 e. The Morgan fingerprint density at radius 2 is 1.85 bits per heavy atom. The van der Waals surface area contributed by atoms with Crippen molar-refractivity contribution in [2.75, 3.05) is 6.61 Å². The Balaban J connectivity index is 2.65. The molecular weight excluding hydrogens is 264 g/mol. The number of hydrogen-bond donors (Lipinski definition) is 0. The molecule has 0 radical (unpaired) electrons. The predicted molar refractivity (Wildman–Crippen MR) is 69.7 cm³/mol. The van der Waals surface area contributed by atoms with Gasteiger partial charge in [-0.25, -0.2) is 9.59 Å². The van der Waals surface area contributed by atoms with Gasteiger partial charge >= 0.3 is 17.9 Å². The summed E-state index contributed by atoms with van der Waals surface area (Å²) in [5.41, 5.74) is -2.11. The summed E-state index contributed by atoms with van der Waals surface area (Å²) in [6.45, 7) is 8.47. The fourth-order valence-electron chi connectivity index (χ4n) is 1.41. The third kappa shape index (κ3) is 3.71. The van der Waals surface area contributed by atoms with Gasteiger partial charge in [0.15, 0.2) is 0 Å². The lowest BCUT2D eigenvalue weighted by molar-refractivity contribution is -0.188. The minimum absolute atomic E-state index is 0.236. The monoisotopic (exact) mass is 286 g/mol. The SMILES string of the molecule is CCC(C)(C)C(=O)OC(C)(C)C(=O)OC1CCOC1=O. The quantitative estimate of drug-likeness (QED) is 0.564. The molecular formula is C14H22O6. The van der Waals surface area contributed by atoms with Crippen LogP contribution < -0.4 is 0 Å². The standard InChI is InChI=1S/C14H22O6/c1-6-13(2,3)11(16)20-14(4,5)12(17)19-9-7-8-18-10(9)15/h9H,6-8H2,1-5H3. The zero-order valence-corrected chi connectivity index (χ0v) is 12.6. The first-order valence-electron chi connectivity index (χ1n) is 6.71. The summed E-state index contributed by atoms with van der Waals surface area (Å²) in [5.74, 6) is -1.79. The van der Waals surface area contributed by atoms with Crippen LogP contribution in [0.15, 0.2) is 0 Å². The molecule has 0 aliphatic carbocycles. The molecule has 20 heavy (non-hydrogen) atoms. The normalized spacial score (nSPS) is 19.4. The molecule has 1 fully saturated rings. The lowest BCUT2D eigenvalue weighted by Crippen LogP contribution is -2.44. The zero-order chi connectivity index (χ0) is 15.6. The first kappa shape index (κ1) is 16.5. The van der Waals surface area contributed by atoms with Crippen molar-refractivity contribution < 1.29 is 28.6 Å². The molecule has 0 saturated carbocycles. The van der Waals surface area contributed by atoms with E-state index in [-0.39, 0.29) is 6.61 Å². The maximum atomic E-state index is 12.0. The predicted octanol–water partition coefficient (Wildman–Crippen LogP) is 1.60. The topological polar surface area (TPSA) is 78.9 Å². The average molecular weight is 286 g/mol. The van der Waals surface area contributed by atoms with E-state index in [0.717, 1.165) is 0 Å². The van der Waals surface area contributed by atoms with Gasteiger partial charge in [-0.3, -0.25) is 4.79 Å². The molecule has 6 heteroatoms. The lowest BCUT2D eigenvalue weighted by Gasteiger charge is -2.29. The van der Waals surface area contributed by atoms with Crippen molar-refractivity contribution in [3.63, 3.8) is 0 Å². The van der Waals surface area contributed by atoms with Crippen molar-refractivity contribution in [3.05, 3.63) is 0 Å². The summed E-state index contributed by atoms with van der Waals surface area (Å²) in [6, 6.07) is 0. The molecule has 0 aromatic rings. The summed E-state index contributed by atoms with van der Waals surface area (Å²) in [7, 11) is 0. The Morgan fingerprint density at radius 3 is 2.30 bits per heavy atom. The molecule has 0 N–H and O–H groups in total. The highest BCUT2D eigenvalue weighted by atomic mass is 16.6. The molecule has 1 aliphatic rings. The largest absolute Gasteiger partial charge is 0.463 e. The fourth-order valence-corrected chi connectivity index (χ4v) is 1.41. The average Bonchev–Trinajstić information content (AvgIpc) is 2.74. The van der Waals surface area contributed by atoms with Crippen molar-refractivity contribution in [1.29, 1.82) is 0 Å². The number of carbonyl (C=O) groups is 3. The molecule has 1 unspecified atom stereocenters. The highest BCUT2D eigenvalue weighted by Gasteiger charge is 2.41. The first-order chi connectivity index (χ1) is 9.10. The molecule has 1 saturated heterocycles. The Bertz CT molecular complexity index is 410. The molecule has 1 atom stereocenters. The summed E-state index contributed by atoms with van der Waals surface area (Å²) >= 11 is 0. The third-order valence-corrected chi connectivity index (χ3v) is 3.41. The summed E-state index contributed by atoms with van der Waals surface area (Å²) < 4.78 is 15.0. The van der Waals surface area contributed by atoms with E-state index in [9.17, 15) is 14.4 Å². The molecule has 1 aliphatic heterocycles. The van der Waals surface area contributed by atoms with Crippen molar-refractivity contribution in [3.8, 4) is 0 Å². The Labute approximate surface area is 118 Å². The van der Waals surface area contributed by atoms with Crippen molar-refractivity contribution >= 4 is 17.9 Å². The van der Waals surface area contributed by atoms with Crippen LogP contribution in [0.4, 0.5) is 0 Å². The Kier molecular flexibility index (Phi) is 4.78. The van der Waals surface area contributed by atoms with Crippen LogP contribution in [0.1, 0.15) is 47.5 Å². The molecule has 0 aromatic heterocycles. The van der Waals surface area contributed by atoms with Gasteiger partial charge in [0.1, 0.15) is 0 Å². The number of cyclic esters (lactones) is 1.